The molecule has 0 saturated carbocycles. The highest BCUT2D eigenvalue weighted by molar-refractivity contribution is 7.99. The van der Waals surface area contributed by atoms with Crippen LogP contribution in [-0.4, -0.2) is 16.6 Å². The van der Waals surface area contributed by atoms with Crippen molar-refractivity contribution in [2.45, 2.75) is 49.7 Å². The molecule has 2 rings (SSSR count). The standard InChI is InChI=1S/C16H21F2N3S/c1-5-21-14(9-19-4)20-15(10(2)3)16(21)22-13-7-11(17)6-12(18)8-13/h6-8,10,19H,5,9H2,1-4H3. The quantitative estimate of drug-likeness (QED) is 0.864. The van der Waals surface area contributed by atoms with Gasteiger partial charge in [0, 0.05) is 17.5 Å². The molecule has 1 N–H and O–H groups in total. The van der Waals surface area contributed by atoms with Crippen LogP contribution in [-0.2, 0) is 13.1 Å². The SMILES string of the molecule is CCn1c(CNC)nc(C(C)C)c1Sc1cc(F)cc(F)c1. The van der Waals surface area contributed by atoms with Gasteiger partial charge in [-0.2, -0.15) is 0 Å². The highest BCUT2D eigenvalue weighted by Gasteiger charge is 2.19. The van der Waals surface area contributed by atoms with Crippen LogP contribution in [0.1, 0.15) is 38.2 Å². The number of nitrogens with zero attached hydrogens (tertiary/aromatic N) is 2. The van der Waals surface area contributed by atoms with E-state index in [0.29, 0.717) is 11.4 Å². The van der Waals surface area contributed by atoms with Crippen molar-refractivity contribution < 1.29 is 8.78 Å². The number of hydrogen-bond acceptors (Lipinski definition) is 3. The van der Waals surface area contributed by atoms with Crippen LogP contribution in [0.2, 0.25) is 0 Å². The molecule has 0 radical (unpaired) electrons. The second kappa shape index (κ2) is 7.24. The molecule has 0 aliphatic rings. The average molecular weight is 325 g/mol. The molecule has 0 unspecified atom stereocenters. The van der Waals surface area contributed by atoms with Crippen molar-refractivity contribution in [1.29, 1.82) is 0 Å². The Morgan fingerprint density at radius 2 is 1.86 bits per heavy atom. The second-order valence-corrected chi connectivity index (χ2v) is 6.42. The van der Waals surface area contributed by atoms with Crippen molar-refractivity contribution in [3.8, 4) is 0 Å². The number of benzene rings is 1. The summed E-state index contributed by atoms with van der Waals surface area (Å²) < 4.78 is 28.9. The molecule has 2 aromatic rings. The fourth-order valence-electron chi connectivity index (χ4n) is 2.30. The lowest BCUT2D eigenvalue weighted by molar-refractivity contribution is 0.577. The lowest BCUT2D eigenvalue weighted by Crippen LogP contribution is -2.12. The molecular formula is C16H21F2N3S. The highest BCUT2D eigenvalue weighted by atomic mass is 32.2. The Labute approximate surface area is 134 Å². The van der Waals surface area contributed by atoms with Gasteiger partial charge in [0.1, 0.15) is 22.5 Å². The van der Waals surface area contributed by atoms with Crippen molar-refractivity contribution in [2.24, 2.45) is 0 Å². The van der Waals surface area contributed by atoms with Gasteiger partial charge in [-0.15, -0.1) is 0 Å². The molecule has 0 bridgehead atoms. The Morgan fingerprint density at radius 3 is 2.36 bits per heavy atom. The van der Waals surface area contributed by atoms with E-state index in [0.717, 1.165) is 29.2 Å². The number of nitrogens with one attached hydrogen (secondary N) is 1. The van der Waals surface area contributed by atoms with Crippen LogP contribution in [0, 0.1) is 11.6 Å². The lowest BCUT2D eigenvalue weighted by atomic mass is 10.1. The maximum absolute atomic E-state index is 13.4. The number of hydrogen-bond donors (Lipinski definition) is 1. The van der Waals surface area contributed by atoms with E-state index in [1.54, 1.807) is 0 Å². The van der Waals surface area contributed by atoms with E-state index < -0.39 is 11.6 Å². The summed E-state index contributed by atoms with van der Waals surface area (Å²) in [6.07, 6.45) is 0. The van der Waals surface area contributed by atoms with Gasteiger partial charge >= 0.3 is 0 Å². The largest absolute Gasteiger partial charge is 0.322 e. The van der Waals surface area contributed by atoms with Crippen LogP contribution in [0.15, 0.2) is 28.1 Å². The molecule has 0 spiro atoms. The minimum Gasteiger partial charge on any atom is -0.322 e. The van der Waals surface area contributed by atoms with E-state index in [2.05, 4.69) is 23.7 Å². The summed E-state index contributed by atoms with van der Waals surface area (Å²) in [5.74, 6) is 0.0515. The number of rotatable bonds is 6. The first-order chi connectivity index (χ1) is 10.5. The molecule has 0 atom stereocenters. The van der Waals surface area contributed by atoms with Gasteiger partial charge in [0.25, 0.3) is 0 Å². The third kappa shape index (κ3) is 3.67. The predicted octanol–water partition coefficient (Wildman–Crippen LogP) is 4.18. The van der Waals surface area contributed by atoms with Gasteiger partial charge in [0.15, 0.2) is 0 Å². The Hall–Kier alpha value is -1.40. The van der Waals surface area contributed by atoms with E-state index in [1.807, 2.05) is 14.0 Å². The second-order valence-electron chi connectivity index (χ2n) is 5.35. The van der Waals surface area contributed by atoms with Gasteiger partial charge in [0.05, 0.1) is 12.2 Å². The van der Waals surface area contributed by atoms with E-state index >= 15 is 0 Å². The summed E-state index contributed by atoms with van der Waals surface area (Å²) in [4.78, 5) is 5.25. The first-order valence-corrected chi connectivity index (χ1v) is 8.15. The molecular weight excluding hydrogens is 304 g/mol. The summed E-state index contributed by atoms with van der Waals surface area (Å²) >= 11 is 1.36. The molecule has 120 valence electrons. The molecule has 0 fully saturated rings. The van der Waals surface area contributed by atoms with E-state index in [4.69, 9.17) is 4.98 Å². The molecule has 3 nitrogen and oxygen atoms in total. The third-order valence-corrected chi connectivity index (χ3v) is 4.37. The minimum absolute atomic E-state index is 0.240. The van der Waals surface area contributed by atoms with E-state index in [1.165, 1.54) is 23.9 Å². The summed E-state index contributed by atoms with van der Waals surface area (Å²) in [6.45, 7) is 7.60. The van der Waals surface area contributed by atoms with Crippen LogP contribution < -0.4 is 5.32 Å². The van der Waals surface area contributed by atoms with E-state index in [-0.39, 0.29) is 5.92 Å². The zero-order valence-electron chi connectivity index (χ0n) is 13.3. The zero-order valence-corrected chi connectivity index (χ0v) is 14.1. The Morgan fingerprint density at radius 1 is 1.23 bits per heavy atom. The first kappa shape index (κ1) is 17.0. The van der Waals surface area contributed by atoms with Gasteiger partial charge in [-0.25, -0.2) is 13.8 Å². The summed E-state index contributed by atoms with van der Waals surface area (Å²) in [5, 5.41) is 4.06. The zero-order chi connectivity index (χ0) is 16.3. The molecule has 1 aromatic heterocycles. The van der Waals surface area contributed by atoms with Gasteiger partial charge in [-0.05, 0) is 32.0 Å². The molecule has 0 aliphatic carbocycles. The molecule has 0 saturated heterocycles. The first-order valence-electron chi connectivity index (χ1n) is 7.34. The third-order valence-electron chi connectivity index (χ3n) is 3.27. The molecule has 0 amide bonds. The van der Waals surface area contributed by atoms with Crippen LogP contribution in [0.5, 0.6) is 0 Å². The molecule has 22 heavy (non-hydrogen) atoms. The number of halogens is 2. The number of imidazole rings is 1. The fourth-order valence-corrected chi connectivity index (χ4v) is 3.60. The number of aromatic nitrogens is 2. The molecule has 6 heteroatoms. The maximum atomic E-state index is 13.4. The van der Waals surface area contributed by atoms with Crippen LogP contribution >= 0.6 is 11.8 Å². The van der Waals surface area contributed by atoms with Crippen molar-refractivity contribution >= 4 is 11.8 Å². The van der Waals surface area contributed by atoms with Crippen molar-refractivity contribution in [1.82, 2.24) is 14.9 Å². The predicted molar refractivity (Wildman–Crippen MR) is 85.2 cm³/mol. The van der Waals surface area contributed by atoms with Gasteiger partial charge < -0.3 is 9.88 Å². The minimum atomic E-state index is -0.563. The van der Waals surface area contributed by atoms with Gasteiger partial charge in [-0.1, -0.05) is 25.6 Å². The highest BCUT2D eigenvalue weighted by Crippen LogP contribution is 2.35. The van der Waals surface area contributed by atoms with Crippen molar-refractivity contribution in [3.63, 3.8) is 0 Å². The fraction of sp³-hybridized carbons (Fsp3) is 0.438. The lowest BCUT2D eigenvalue weighted by Gasteiger charge is -2.11. The summed E-state index contributed by atoms with van der Waals surface area (Å²) in [5.41, 5.74) is 0.960. The molecule has 1 aromatic carbocycles. The summed E-state index contributed by atoms with van der Waals surface area (Å²) in [6, 6.07) is 3.59. The van der Waals surface area contributed by atoms with Crippen LogP contribution in [0.4, 0.5) is 8.78 Å². The Kier molecular flexibility index (Phi) is 5.58. The van der Waals surface area contributed by atoms with Gasteiger partial charge in [0.2, 0.25) is 0 Å². The normalized spacial score (nSPS) is 11.4. The maximum Gasteiger partial charge on any atom is 0.127 e. The average Bonchev–Trinajstić information content (AvgIpc) is 2.76. The molecule has 0 aliphatic heterocycles. The topological polar surface area (TPSA) is 29.9 Å². The van der Waals surface area contributed by atoms with Crippen LogP contribution in [0.3, 0.4) is 0 Å². The van der Waals surface area contributed by atoms with Crippen LogP contribution in [0.25, 0.3) is 0 Å². The van der Waals surface area contributed by atoms with Crippen molar-refractivity contribution in [3.05, 3.63) is 41.4 Å². The van der Waals surface area contributed by atoms with Gasteiger partial charge in [-0.3, -0.25) is 0 Å². The summed E-state index contributed by atoms with van der Waals surface area (Å²) in [7, 11) is 1.87. The van der Waals surface area contributed by atoms with E-state index in [9.17, 15) is 8.78 Å². The smallest absolute Gasteiger partial charge is 0.127 e. The Bertz CT molecular complexity index is 633. The monoisotopic (exact) mass is 325 g/mol. The Balaban J connectivity index is 2.47. The molecule has 1 heterocycles. The van der Waals surface area contributed by atoms with Crippen molar-refractivity contribution in [2.75, 3.05) is 7.05 Å².